The van der Waals surface area contributed by atoms with Gasteiger partial charge in [0.05, 0.1) is 5.41 Å². The van der Waals surface area contributed by atoms with Gasteiger partial charge in [-0.1, -0.05) is 12.1 Å². The summed E-state index contributed by atoms with van der Waals surface area (Å²) in [6.45, 7) is 1.85. The summed E-state index contributed by atoms with van der Waals surface area (Å²) in [5, 5.41) is 11.3. The van der Waals surface area contributed by atoms with Gasteiger partial charge in [-0.3, -0.25) is 4.79 Å². The molecule has 1 amide bonds. The summed E-state index contributed by atoms with van der Waals surface area (Å²) in [5.41, 5.74) is 5.35. The van der Waals surface area contributed by atoms with Crippen LogP contribution >= 0.6 is 11.3 Å². The molecule has 2 aromatic rings. The summed E-state index contributed by atoms with van der Waals surface area (Å²) in [7, 11) is 3.70. The van der Waals surface area contributed by atoms with E-state index < -0.39 is 29.3 Å². The van der Waals surface area contributed by atoms with Gasteiger partial charge < -0.3 is 15.7 Å². The number of benzene rings is 1. The number of primary amides is 1. The Morgan fingerprint density at radius 1 is 1.26 bits per heavy atom. The first kappa shape index (κ1) is 23.6. The molecule has 8 heteroatoms. The first-order valence-corrected chi connectivity index (χ1v) is 11.2. The Hall–Kier alpha value is -2.06. The number of alkyl halides is 3. The van der Waals surface area contributed by atoms with Gasteiger partial charge in [-0.15, -0.1) is 11.3 Å². The van der Waals surface area contributed by atoms with Gasteiger partial charge in [0.1, 0.15) is 5.75 Å². The number of aryl methyl sites for hydroxylation is 1. The summed E-state index contributed by atoms with van der Waals surface area (Å²) in [6, 6.07) is 8.29. The summed E-state index contributed by atoms with van der Waals surface area (Å²) in [4.78, 5) is 15.4. The molecule has 0 aliphatic heterocycles. The number of carbonyl (C=O) groups is 1. The van der Waals surface area contributed by atoms with Crippen LogP contribution in [0.25, 0.3) is 0 Å². The van der Waals surface area contributed by atoms with Crippen molar-refractivity contribution in [2.45, 2.75) is 50.7 Å². The molecule has 0 spiro atoms. The third-order valence-corrected chi connectivity index (χ3v) is 7.37. The van der Waals surface area contributed by atoms with Crippen LogP contribution in [-0.2, 0) is 11.2 Å². The second-order valence-electron chi connectivity index (χ2n) is 8.85. The van der Waals surface area contributed by atoms with Crippen molar-refractivity contribution >= 4 is 17.2 Å². The fourth-order valence-corrected chi connectivity index (χ4v) is 5.30. The van der Waals surface area contributed by atoms with Gasteiger partial charge in [-0.25, -0.2) is 0 Å². The van der Waals surface area contributed by atoms with Crippen LogP contribution in [0.15, 0.2) is 35.7 Å². The van der Waals surface area contributed by atoms with E-state index in [0.29, 0.717) is 12.0 Å². The molecule has 3 rings (SSSR count). The van der Waals surface area contributed by atoms with Crippen molar-refractivity contribution in [3.63, 3.8) is 0 Å². The Bertz CT molecular complexity index is 904. The first-order chi connectivity index (χ1) is 14.4. The number of aromatic hydroxyl groups is 1. The first-order valence-electron chi connectivity index (χ1n) is 10.3. The summed E-state index contributed by atoms with van der Waals surface area (Å²) >= 11 is 1.39. The topological polar surface area (TPSA) is 66.6 Å². The van der Waals surface area contributed by atoms with Gasteiger partial charge in [0.15, 0.2) is 0 Å². The number of amides is 1. The number of hydrogen-bond acceptors (Lipinski definition) is 4. The van der Waals surface area contributed by atoms with Gasteiger partial charge >= 0.3 is 6.18 Å². The molecule has 3 N–H and O–H groups in total. The van der Waals surface area contributed by atoms with Gasteiger partial charge in [0.25, 0.3) is 0 Å². The van der Waals surface area contributed by atoms with Crippen LogP contribution in [0, 0.1) is 18.3 Å². The van der Waals surface area contributed by atoms with Crippen LogP contribution in [0.1, 0.15) is 41.2 Å². The van der Waals surface area contributed by atoms with Crippen LogP contribution in [0.4, 0.5) is 13.2 Å². The molecule has 1 fully saturated rings. The Kier molecular flexibility index (Phi) is 6.72. The Balaban J connectivity index is 1.96. The lowest BCUT2D eigenvalue weighted by Gasteiger charge is -2.36. The van der Waals surface area contributed by atoms with Crippen LogP contribution in [0.5, 0.6) is 5.75 Å². The van der Waals surface area contributed by atoms with Crippen molar-refractivity contribution in [3.8, 4) is 5.75 Å². The van der Waals surface area contributed by atoms with E-state index in [9.17, 15) is 23.1 Å². The van der Waals surface area contributed by atoms with E-state index >= 15 is 0 Å². The molecular formula is C23H29F3N2O2S. The van der Waals surface area contributed by atoms with E-state index in [0.717, 1.165) is 10.4 Å². The number of phenolic OH excluding ortho intramolecular Hbond substituents is 1. The second kappa shape index (κ2) is 8.82. The largest absolute Gasteiger partial charge is 0.508 e. The molecule has 1 heterocycles. The molecule has 1 aliphatic rings. The third-order valence-electron chi connectivity index (χ3n) is 6.49. The van der Waals surface area contributed by atoms with E-state index in [1.165, 1.54) is 11.3 Å². The molecule has 31 heavy (non-hydrogen) atoms. The number of thiophene rings is 1. The van der Waals surface area contributed by atoms with Crippen molar-refractivity contribution < 1.29 is 23.1 Å². The Morgan fingerprint density at radius 2 is 1.87 bits per heavy atom. The Morgan fingerprint density at radius 3 is 2.29 bits per heavy atom. The lowest BCUT2D eigenvalue weighted by atomic mass is 9.71. The molecule has 1 saturated carbocycles. The van der Waals surface area contributed by atoms with Crippen LogP contribution < -0.4 is 5.73 Å². The average Bonchev–Trinajstić information content (AvgIpc) is 3.37. The molecule has 3 atom stereocenters. The normalized spacial score (nSPS) is 18.5. The van der Waals surface area contributed by atoms with Gasteiger partial charge in [0, 0.05) is 22.8 Å². The van der Waals surface area contributed by atoms with Gasteiger partial charge in [0.2, 0.25) is 5.91 Å². The highest BCUT2D eigenvalue weighted by Gasteiger charge is 2.69. The fraction of sp³-hybridized carbons (Fsp3) is 0.522. The quantitative estimate of drug-likeness (QED) is 0.569. The van der Waals surface area contributed by atoms with E-state index in [1.54, 1.807) is 35.7 Å². The highest BCUT2D eigenvalue weighted by molar-refractivity contribution is 7.10. The second-order valence-corrected chi connectivity index (χ2v) is 9.97. The number of hydrogen-bond donors (Lipinski definition) is 2. The predicted octanol–water partition coefficient (Wildman–Crippen LogP) is 4.85. The van der Waals surface area contributed by atoms with Gasteiger partial charge in [-0.2, -0.15) is 13.2 Å². The van der Waals surface area contributed by atoms with E-state index in [1.807, 2.05) is 25.9 Å². The molecule has 0 saturated heterocycles. The zero-order valence-corrected chi connectivity index (χ0v) is 18.8. The molecule has 4 nitrogen and oxygen atoms in total. The molecule has 0 radical (unpaired) electrons. The molecule has 1 aliphatic carbocycles. The minimum Gasteiger partial charge on any atom is -0.508 e. The van der Waals surface area contributed by atoms with Crippen LogP contribution in [-0.4, -0.2) is 42.2 Å². The van der Waals surface area contributed by atoms with Crippen molar-refractivity contribution in [2.24, 2.45) is 17.1 Å². The van der Waals surface area contributed by atoms with Crippen LogP contribution in [0.3, 0.4) is 0 Å². The summed E-state index contributed by atoms with van der Waals surface area (Å²) in [5.74, 6) is -2.48. The zero-order valence-electron chi connectivity index (χ0n) is 17.9. The Labute approximate surface area is 184 Å². The van der Waals surface area contributed by atoms with E-state index in [-0.39, 0.29) is 31.1 Å². The molecular weight excluding hydrogens is 425 g/mol. The molecule has 1 aromatic carbocycles. The maximum atomic E-state index is 14.2. The molecule has 0 bridgehead atoms. The summed E-state index contributed by atoms with van der Waals surface area (Å²) < 4.78 is 42.5. The van der Waals surface area contributed by atoms with Crippen molar-refractivity contribution in [3.05, 3.63) is 51.7 Å². The van der Waals surface area contributed by atoms with Crippen LogP contribution in [0.2, 0.25) is 0 Å². The average molecular weight is 455 g/mol. The van der Waals surface area contributed by atoms with Crippen molar-refractivity contribution in [2.75, 3.05) is 14.1 Å². The monoisotopic (exact) mass is 454 g/mol. The standard InChI is InChI=1S/C23H29F3N2O2S/c1-14-10-16(13-31-14)20(22(8-9-22)23(24,25)26)19(21(27)30)12-17(28(2)3)11-15-4-6-18(29)7-5-15/h4-7,10,13,17,19-20,29H,8-9,11-12H2,1-3H3,(H2,27,30)/t17-,19?,20?/m1/s1. The number of phenols is 1. The third kappa shape index (κ3) is 5.06. The fourth-order valence-electron chi connectivity index (χ4n) is 4.56. The number of likely N-dealkylation sites (N-methyl/N-ethyl adjacent to an activating group) is 1. The number of rotatable bonds is 9. The van der Waals surface area contributed by atoms with E-state index in [2.05, 4.69) is 0 Å². The highest BCUT2D eigenvalue weighted by atomic mass is 32.1. The molecule has 170 valence electrons. The number of nitrogens with two attached hydrogens (primary N) is 1. The minimum absolute atomic E-state index is 0.0183. The highest BCUT2D eigenvalue weighted by Crippen LogP contribution is 2.67. The van der Waals surface area contributed by atoms with Gasteiger partial charge in [-0.05, 0) is 81.4 Å². The summed E-state index contributed by atoms with van der Waals surface area (Å²) in [6.07, 6.45) is -3.60. The molecule has 2 unspecified atom stereocenters. The van der Waals surface area contributed by atoms with Crippen molar-refractivity contribution in [1.82, 2.24) is 4.90 Å². The van der Waals surface area contributed by atoms with E-state index in [4.69, 9.17) is 5.73 Å². The van der Waals surface area contributed by atoms with Crippen molar-refractivity contribution in [1.29, 1.82) is 0 Å². The zero-order chi connectivity index (χ0) is 23.0. The SMILES string of the molecule is Cc1cc(C(C(C[C@@H](Cc2ccc(O)cc2)N(C)C)C(N)=O)C2(C(F)(F)F)CC2)cs1. The maximum Gasteiger partial charge on any atom is 0.395 e. The number of halogens is 3. The smallest absolute Gasteiger partial charge is 0.395 e. The predicted molar refractivity (Wildman–Crippen MR) is 116 cm³/mol. The molecule has 1 aromatic heterocycles. The number of nitrogens with zero attached hydrogens (tertiary/aromatic N) is 1. The lowest BCUT2D eigenvalue weighted by Crippen LogP contribution is -2.43. The maximum absolute atomic E-state index is 14.2. The lowest BCUT2D eigenvalue weighted by molar-refractivity contribution is -0.198. The number of carbonyl (C=O) groups excluding carboxylic acids is 1. The minimum atomic E-state index is -4.40.